The van der Waals surface area contributed by atoms with Crippen LogP contribution in [0.2, 0.25) is 0 Å². The van der Waals surface area contributed by atoms with E-state index in [1.807, 2.05) is 19.2 Å². The molecule has 0 radical (unpaired) electrons. The van der Waals surface area contributed by atoms with Gasteiger partial charge in [-0.3, -0.25) is 4.98 Å². The number of aromatic nitrogens is 1. The minimum atomic E-state index is -0.0424. The maximum absolute atomic E-state index is 6.31. The molecule has 1 aliphatic rings. The summed E-state index contributed by atoms with van der Waals surface area (Å²) in [6.07, 6.45) is 3.75. The molecule has 0 saturated carbocycles. The standard InChI is InChI=1S/C17H20N2O/c1-12-6-7-14(11-19-12)16(18)10-17-15-5-3-2-4-13(15)8-9-20-17/h2-7,11,16-17H,8-10,18H2,1H3. The maximum atomic E-state index is 6.31. The third-order valence-electron chi connectivity index (χ3n) is 3.92. The molecule has 1 aromatic heterocycles. The van der Waals surface area contributed by atoms with Crippen molar-refractivity contribution < 1.29 is 4.74 Å². The number of rotatable bonds is 3. The van der Waals surface area contributed by atoms with E-state index in [0.717, 1.165) is 30.7 Å². The number of benzene rings is 1. The second kappa shape index (κ2) is 5.73. The smallest absolute Gasteiger partial charge is 0.0845 e. The molecule has 0 amide bonds. The molecule has 2 unspecified atom stereocenters. The fourth-order valence-electron chi connectivity index (χ4n) is 2.74. The average Bonchev–Trinajstić information content (AvgIpc) is 2.48. The van der Waals surface area contributed by atoms with Crippen LogP contribution in [0.3, 0.4) is 0 Å². The molecule has 2 N–H and O–H groups in total. The van der Waals surface area contributed by atoms with Crippen molar-refractivity contribution in [3.05, 3.63) is 65.0 Å². The first-order valence-electron chi connectivity index (χ1n) is 7.11. The summed E-state index contributed by atoms with van der Waals surface area (Å²) < 4.78 is 5.92. The van der Waals surface area contributed by atoms with Crippen molar-refractivity contribution >= 4 is 0 Å². The van der Waals surface area contributed by atoms with E-state index in [1.54, 1.807) is 0 Å². The van der Waals surface area contributed by atoms with Gasteiger partial charge in [-0.25, -0.2) is 0 Å². The molecule has 1 aromatic carbocycles. The third-order valence-corrected chi connectivity index (χ3v) is 3.92. The van der Waals surface area contributed by atoms with Gasteiger partial charge in [0.15, 0.2) is 0 Å². The Morgan fingerprint density at radius 2 is 2.15 bits per heavy atom. The topological polar surface area (TPSA) is 48.1 Å². The Morgan fingerprint density at radius 1 is 1.30 bits per heavy atom. The van der Waals surface area contributed by atoms with E-state index in [2.05, 4.69) is 35.3 Å². The summed E-state index contributed by atoms with van der Waals surface area (Å²) in [5.41, 5.74) is 11.1. The Morgan fingerprint density at radius 3 is 2.95 bits per heavy atom. The first-order chi connectivity index (χ1) is 9.74. The van der Waals surface area contributed by atoms with E-state index in [0.29, 0.717) is 0 Å². The largest absolute Gasteiger partial charge is 0.373 e. The number of nitrogens with two attached hydrogens (primary N) is 1. The molecular formula is C17H20N2O. The molecule has 2 aromatic rings. The quantitative estimate of drug-likeness (QED) is 0.930. The number of nitrogens with zero attached hydrogens (tertiary/aromatic N) is 1. The molecule has 104 valence electrons. The zero-order valence-corrected chi connectivity index (χ0v) is 11.8. The molecular weight excluding hydrogens is 248 g/mol. The van der Waals surface area contributed by atoms with Crippen molar-refractivity contribution in [2.75, 3.05) is 6.61 Å². The second-order valence-electron chi connectivity index (χ2n) is 5.38. The number of hydrogen-bond acceptors (Lipinski definition) is 3. The van der Waals surface area contributed by atoms with Gasteiger partial charge < -0.3 is 10.5 Å². The Kier molecular flexibility index (Phi) is 3.81. The SMILES string of the molecule is Cc1ccc(C(N)CC2OCCc3ccccc32)cn1. The zero-order valence-electron chi connectivity index (χ0n) is 11.8. The number of hydrogen-bond donors (Lipinski definition) is 1. The van der Waals surface area contributed by atoms with E-state index >= 15 is 0 Å². The predicted octanol–water partition coefficient (Wildman–Crippen LogP) is 3.09. The minimum absolute atomic E-state index is 0.0424. The van der Waals surface area contributed by atoms with Gasteiger partial charge in [0, 0.05) is 17.9 Å². The van der Waals surface area contributed by atoms with E-state index in [1.165, 1.54) is 11.1 Å². The van der Waals surface area contributed by atoms with Crippen LogP contribution in [-0.4, -0.2) is 11.6 Å². The van der Waals surface area contributed by atoms with Crippen molar-refractivity contribution in [3.8, 4) is 0 Å². The van der Waals surface area contributed by atoms with Gasteiger partial charge in [-0.15, -0.1) is 0 Å². The van der Waals surface area contributed by atoms with E-state index in [4.69, 9.17) is 10.5 Å². The average molecular weight is 268 g/mol. The van der Waals surface area contributed by atoms with E-state index in [9.17, 15) is 0 Å². The number of ether oxygens (including phenoxy) is 1. The monoisotopic (exact) mass is 268 g/mol. The molecule has 0 aliphatic carbocycles. The fourth-order valence-corrected chi connectivity index (χ4v) is 2.74. The van der Waals surface area contributed by atoms with E-state index < -0.39 is 0 Å². The molecule has 2 heterocycles. The number of aryl methyl sites for hydroxylation is 1. The Labute approximate surface area is 119 Å². The first-order valence-corrected chi connectivity index (χ1v) is 7.11. The van der Waals surface area contributed by atoms with Crippen molar-refractivity contribution in [1.29, 1.82) is 0 Å². The van der Waals surface area contributed by atoms with Gasteiger partial charge in [0.2, 0.25) is 0 Å². The highest BCUT2D eigenvalue weighted by Crippen LogP contribution is 2.33. The molecule has 3 nitrogen and oxygen atoms in total. The summed E-state index contributed by atoms with van der Waals surface area (Å²) in [6.45, 7) is 2.76. The van der Waals surface area contributed by atoms with Gasteiger partial charge in [-0.2, -0.15) is 0 Å². The second-order valence-corrected chi connectivity index (χ2v) is 5.38. The van der Waals surface area contributed by atoms with Gasteiger partial charge in [0.05, 0.1) is 12.7 Å². The van der Waals surface area contributed by atoms with Crippen LogP contribution in [0.25, 0.3) is 0 Å². The predicted molar refractivity (Wildman–Crippen MR) is 79.4 cm³/mol. The molecule has 3 heteroatoms. The minimum Gasteiger partial charge on any atom is -0.373 e. The van der Waals surface area contributed by atoms with Crippen molar-refractivity contribution in [2.24, 2.45) is 5.73 Å². The lowest BCUT2D eigenvalue weighted by Crippen LogP contribution is -2.21. The lowest BCUT2D eigenvalue weighted by molar-refractivity contribution is 0.0319. The Hall–Kier alpha value is -1.71. The summed E-state index contributed by atoms with van der Waals surface area (Å²) in [6, 6.07) is 12.5. The van der Waals surface area contributed by atoms with Crippen LogP contribution in [-0.2, 0) is 11.2 Å². The molecule has 0 bridgehead atoms. The summed E-state index contributed by atoms with van der Waals surface area (Å²) in [7, 11) is 0. The lowest BCUT2D eigenvalue weighted by atomic mass is 9.92. The fraction of sp³-hybridized carbons (Fsp3) is 0.353. The van der Waals surface area contributed by atoms with Crippen LogP contribution in [0.1, 0.15) is 41.0 Å². The van der Waals surface area contributed by atoms with Crippen molar-refractivity contribution in [2.45, 2.75) is 31.9 Å². The molecule has 0 spiro atoms. The summed E-state index contributed by atoms with van der Waals surface area (Å²) in [4.78, 5) is 4.32. The van der Waals surface area contributed by atoms with E-state index in [-0.39, 0.29) is 12.1 Å². The van der Waals surface area contributed by atoms with Crippen LogP contribution < -0.4 is 5.73 Å². The highest BCUT2D eigenvalue weighted by Gasteiger charge is 2.23. The van der Waals surface area contributed by atoms with Gasteiger partial charge >= 0.3 is 0 Å². The molecule has 0 saturated heterocycles. The van der Waals surface area contributed by atoms with Crippen LogP contribution in [0.15, 0.2) is 42.6 Å². The van der Waals surface area contributed by atoms with Crippen LogP contribution >= 0.6 is 0 Å². The highest BCUT2D eigenvalue weighted by atomic mass is 16.5. The summed E-state index contributed by atoms with van der Waals surface area (Å²) in [5.74, 6) is 0. The summed E-state index contributed by atoms with van der Waals surface area (Å²) in [5, 5.41) is 0. The van der Waals surface area contributed by atoms with Crippen LogP contribution in [0, 0.1) is 6.92 Å². The van der Waals surface area contributed by atoms with Crippen LogP contribution in [0.4, 0.5) is 0 Å². The molecule has 20 heavy (non-hydrogen) atoms. The molecule has 1 aliphatic heterocycles. The van der Waals surface area contributed by atoms with Crippen molar-refractivity contribution in [1.82, 2.24) is 4.98 Å². The highest BCUT2D eigenvalue weighted by molar-refractivity contribution is 5.31. The Balaban J connectivity index is 1.77. The summed E-state index contributed by atoms with van der Waals surface area (Å²) >= 11 is 0. The molecule has 2 atom stereocenters. The molecule has 0 fully saturated rings. The molecule has 3 rings (SSSR count). The zero-order chi connectivity index (χ0) is 13.9. The number of pyridine rings is 1. The normalized spacial score (nSPS) is 19.4. The van der Waals surface area contributed by atoms with Gasteiger partial charge in [-0.1, -0.05) is 30.3 Å². The van der Waals surface area contributed by atoms with Crippen molar-refractivity contribution in [3.63, 3.8) is 0 Å². The van der Waals surface area contributed by atoms with Gasteiger partial charge in [-0.05, 0) is 42.5 Å². The van der Waals surface area contributed by atoms with Gasteiger partial charge in [0.25, 0.3) is 0 Å². The number of fused-ring (bicyclic) bond motifs is 1. The lowest BCUT2D eigenvalue weighted by Gasteiger charge is -2.28. The third kappa shape index (κ3) is 2.74. The van der Waals surface area contributed by atoms with Gasteiger partial charge in [0.1, 0.15) is 0 Å². The maximum Gasteiger partial charge on any atom is 0.0845 e. The van der Waals surface area contributed by atoms with Crippen LogP contribution in [0.5, 0.6) is 0 Å². The Bertz CT molecular complexity index is 580. The first kappa shape index (κ1) is 13.3.